The first kappa shape index (κ1) is 33.8. The van der Waals surface area contributed by atoms with Gasteiger partial charge in [-0.25, -0.2) is 4.39 Å². The van der Waals surface area contributed by atoms with Crippen LogP contribution in [-0.2, 0) is 13.1 Å². The van der Waals surface area contributed by atoms with E-state index in [0.717, 1.165) is 53.9 Å². The standard InChI is InChI=1S/C36H44BFN4S/c1-7-35(39)13-8-9-14-40-26(3)23-42(28(5)32-18-33(37)21-34(38)19-32)24-30-12-10-11-29(17-30)22-41-27(4)31-15-25(2)16-36(20-31)43-6/h7,10-12,15-21,35,40-41H,1,3-5,8-9,13-14,22-24,39H2,2,6H3. The van der Waals surface area contributed by atoms with Crippen LogP contribution in [0.15, 0.2) is 104 Å². The number of nitrogens with one attached hydrogen (secondary N) is 2. The van der Waals surface area contributed by atoms with E-state index in [1.807, 2.05) is 0 Å². The molecule has 0 aliphatic carbocycles. The fourth-order valence-corrected chi connectivity index (χ4v) is 5.34. The summed E-state index contributed by atoms with van der Waals surface area (Å²) in [6, 6.07) is 19.4. The fourth-order valence-electron chi connectivity index (χ4n) is 4.79. The molecule has 0 spiro atoms. The minimum absolute atomic E-state index is 0.0281. The van der Waals surface area contributed by atoms with Gasteiger partial charge in [0.05, 0.1) is 6.54 Å². The van der Waals surface area contributed by atoms with Gasteiger partial charge in [0.1, 0.15) is 13.7 Å². The van der Waals surface area contributed by atoms with Crippen molar-refractivity contribution in [2.24, 2.45) is 5.73 Å². The second kappa shape index (κ2) is 16.8. The molecule has 0 bridgehead atoms. The minimum atomic E-state index is -0.391. The number of benzene rings is 3. The van der Waals surface area contributed by atoms with Crippen LogP contribution in [0.1, 0.15) is 47.1 Å². The van der Waals surface area contributed by atoms with Gasteiger partial charge in [-0.05, 0) is 90.6 Å². The molecule has 0 amide bonds. The molecule has 3 rings (SSSR count). The molecule has 0 heterocycles. The Kier molecular flexibility index (Phi) is 13.2. The van der Waals surface area contributed by atoms with Crippen LogP contribution < -0.4 is 21.8 Å². The van der Waals surface area contributed by atoms with Crippen LogP contribution in [0.25, 0.3) is 11.4 Å². The van der Waals surface area contributed by atoms with Crippen LogP contribution in [0.4, 0.5) is 4.39 Å². The van der Waals surface area contributed by atoms with Gasteiger partial charge in [0.15, 0.2) is 0 Å². The fraction of sp³-hybridized carbons (Fsp3) is 0.278. The lowest BCUT2D eigenvalue weighted by Crippen LogP contribution is -2.29. The second-order valence-electron chi connectivity index (χ2n) is 10.9. The highest BCUT2D eigenvalue weighted by Crippen LogP contribution is 2.24. The smallest absolute Gasteiger partial charge is 0.123 e. The van der Waals surface area contributed by atoms with E-state index in [1.165, 1.54) is 22.6 Å². The van der Waals surface area contributed by atoms with Gasteiger partial charge < -0.3 is 21.3 Å². The molecule has 2 radical (unpaired) electrons. The van der Waals surface area contributed by atoms with Gasteiger partial charge in [-0.3, -0.25) is 0 Å². The van der Waals surface area contributed by atoms with Crippen LogP contribution in [0.5, 0.6) is 0 Å². The molecule has 0 aliphatic rings. The van der Waals surface area contributed by atoms with Crippen LogP contribution in [0, 0.1) is 12.7 Å². The summed E-state index contributed by atoms with van der Waals surface area (Å²) in [7, 11) is 5.96. The lowest BCUT2D eigenvalue weighted by Gasteiger charge is -2.29. The van der Waals surface area contributed by atoms with Crippen LogP contribution in [0.3, 0.4) is 0 Å². The van der Waals surface area contributed by atoms with E-state index in [9.17, 15) is 4.39 Å². The number of thioether (sulfide) groups is 1. The SMILES string of the molecule is [B]c1cc(F)cc(C(=C)N(CC(=C)NCCCCC(N)C=C)Cc2cccc(CNC(=C)c3cc(C)cc(SC)c3)c2)c1. The van der Waals surface area contributed by atoms with Crippen molar-refractivity contribution in [2.75, 3.05) is 19.3 Å². The molecule has 3 aromatic rings. The predicted octanol–water partition coefficient (Wildman–Crippen LogP) is 6.67. The molecule has 7 heteroatoms. The number of hydrogen-bond acceptors (Lipinski definition) is 5. The molecular formula is C36H44BFN4S. The number of nitrogens with zero attached hydrogens (tertiary/aromatic N) is 1. The molecule has 4 N–H and O–H groups in total. The average Bonchev–Trinajstić information content (AvgIpc) is 2.98. The highest BCUT2D eigenvalue weighted by Gasteiger charge is 2.14. The maximum atomic E-state index is 14.3. The number of hydrogen-bond donors (Lipinski definition) is 3. The number of rotatable bonds is 18. The van der Waals surface area contributed by atoms with Crippen molar-refractivity contribution < 1.29 is 4.39 Å². The summed E-state index contributed by atoms with van der Waals surface area (Å²) in [5.41, 5.74) is 13.9. The molecule has 4 nitrogen and oxygen atoms in total. The molecule has 0 saturated heterocycles. The maximum absolute atomic E-state index is 14.3. The van der Waals surface area contributed by atoms with Crippen LogP contribution >= 0.6 is 11.8 Å². The third kappa shape index (κ3) is 11.2. The summed E-state index contributed by atoms with van der Waals surface area (Å²) >= 11 is 1.72. The van der Waals surface area contributed by atoms with Gasteiger partial charge in [-0.1, -0.05) is 61.6 Å². The highest BCUT2D eigenvalue weighted by molar-refractivity contribution is 7.98. The van der Waals surface area contributed by atoms with Gasteiger partial charge in [-0.15, -0.1) is 18.3 Å². The predicted molar refractivity (Wildman–Crippen MR) is 186 cm³/mol. The molecular weight excluding hydrogens is 550 g/mol. The first-order valence-corrected chi connectivity index (χ1v) is 15.8. The van der Waals surface area contributed by atoms with E-state index in [1.54, 1.807) is 23.9 Å². The first-order valence-electron chi connectivity index (χ1n) is 14.5. The van der Waals surface area contributed by atoms with Gasteiger partial charge in [-0.2, -0.15) is 0 Å². The summed E-state index contributed by atoms with van der Waals surface area (Å²) in [6.45, 7) is 21.2. The molecule has 3 aromatic carbocycles. The zero-order chi connectivity index (χ0) is 31.4. The normalized spacial score (nSPS) is 11.4. The second-order valence-corrected chi connectivity index (χ2v) is 11.8. The third-order valence-corrected chi connectivity index (χ3v) is 7.87. The van der Waals surface area contributed by atoms with E-state index in [-0.39, 0.29) is 6.04 Å². The number of halogens is 1. The zero-order valence-corrected chi connectivity index (χ0v) is 26.4. The third-order valence-electron chi connectivity index (χ3n) is 7.16. The molecule has 0 aromatic heterocycles. The Bertz CT molecular complexity index is 1420. The Balaban J connectivity index is 1.70. The molecule has 224 valence electrons. The van der Waals surface area contributed by atoms with E-state index in [0.29, 0.717) is 36.4 Å². The molecule has 1 atom stereocenters. The molecule has 43 heavy (non-hydrogen) atoms. The van der Waals surface area contributed by atoms with Crippen LogP contribution in [0.2, 0.25) is 0 Å². The maximum Gasteiger partial charge on any atom is 0.123 e. The number of nitrogens with two attached hydrogens (primary N) is 1. The van der Waals surface area contributed by atoms with Crippen molar-refractivity contribution in [3.05, 3.63) is 132 Å². The Morgan fingerprint density at radius 1 is 1.02 bits per heavy atom. The van der Waals surface area contributed by atoms with Crippen molar-refractivity contribution in [2.45, 2.75) is 50.2 Å². The zero-order valence-electron chi connectivity index (χ0n) is 25.6. The van der Waals surface area contributed by atoms with E-state index in [2.05, 4.69) is 97.5 Å². The molecule has 0 fully saturated rings. The Labute approximate surface area is 263 Å². The summed E-state index contributed by atoms with van der Waals surface area (Å²) in [5.74, 6) is -0.391. The van der Waals surface area contributed by atoms with Crippen molar-refractivity contribution in [3.8, 4) is 0 Å². The topological polar surface area (TPSA) is 53.3 Å². The average molecular weight is 595 g/mol. The highest BCUT2D eigenvalue weighted by atomic mass is 32.2. The summed E-state index contributed by atoms with van der Waals surface area (Å²) in [5, 5.41) is 6.91. The summed E-state index contributed by atoms with van der Waals surface area (Å²) in [4.78, 5) is 3.31. The minimum Gasteiger partial charge on any atom is -0.387 e. The van der Waals surface area contributed by atoms with Gasteiger partial charge in [0.2, 0.25) is 0 Å². The first-order chi connectivity index (χ1) is 20.6. The van der Waals surface area contributed by atoms with Crippen molar-refractivity contribution >= 4 is 36.5 Å². The number of unbranched alkanes of at least 4 members (excludes halogenated alkanes) is 1. The van der Waals surface area contributed by atoms with Gasteiger partial charge in [0.25, 0.3) is 0 Å². The largest absolute Gasteiger partial charge is 0.387 e. The Morgan fingerprint density at radius 2 is 1.79 bits per heavy atom. The van der Waals surface area contributed by atoms with Crippen LogP contribution in [-0.4, -0.2) is 38.1 Å². The monoisotopic (exact) mass is 594 g/mol. The Hall–Kier alpha value is -3.68. The molecule has 0 aliphatic heterocycles. The Morgan fingerprint density at radius 3 is 2.51 bits per heavy atom. The lowest BCUT2D eigenvalue weighted by molar-refractivity contribution is 0.412. The van der Waals surface area contributed by atoms with E-state index >= 15 is 0 Å². The van der Waals surface area contributed by atoms with Crippen molar-refractivity contribution in [1.82, 2.24) is 15.5 Å². The quantitative estimate of drug-likeness (QED) is 0.0665. The van der Waals surface area contributed by atoms with E-state index < -0.39 is 5.82 Å². The van der Waals surface area contributed by atoms with Crippen molar-refractivity contribution in [1.29, 1.82) is 0 Å². The van der Waals surface area contributed by atoms with Crippen molar-refractivity contribution in [3.63, 3.8) is 0 Å². The number of aryl methyl sites for hydroxylation is 1. The molecule has 0 saturated carbocycles. The summed E-state index contributed by atoms with van der Waals surface area (Å²) < 4.78 is 14.3. The van der Waals surface area contributed by atoms with E-state index in [4.69, 9.17) is 13.6 Å². The van der Waals surface area contributed by atoms with Gasteiger partial charge >= 0.3 is 0 Å². The van der Waals surface area contributed by atoms with Gasteiger partial charge in [0, 0.05) is 47.7 Å². The lowest BCUT2D eigenvalue weighted by atomic mass is 9.93. The molecule has 1 unspecified atom stereocenters. The summed E-state index contributed by atoms with van der Waals surface area (Å²) in [6.07, 6.45) is 6.74.